The lowest BCUT2D eigenvalue weighted by molar-refractivity contribution is 0.0982. The first-order chi connectivity index (χ1) is 23.4. The van der Waals surface area contributed by atoms with Crippen LogP contribution >= 0.6 is 11.9 Å². The zero-order valence-corrected chi connectivity index (χ0v) is 30.1. The number of nitrogens with one attached hydrogen (secondary N) is 2. The van der Waals surface area contributed by atoms with E-state index >= 15 is 0 Å². The van der Waals surface area contributed by atoms with Gasteiger partial charge < -0.3 is 29.5 Å². The van der Waals surface area contributed by atoms with E-state index in [9.17, 15) is 0 Å². The highest BCUT2D eigenvalue weighted by Gasteiger charge is 2.28. The number of piperidine rings is 1. The summed E-state index contributed by atoms with van der Waals surface area (Å²) in [6, 6.07) is 9.13. The van der Waals surface area contributed by atoms with E-state index < -0.39 is 0 Å². The van der Waals surface area contributed by atoms with Crippen molar-refractivity contribution < 1.29 is 4.74 Å². The summed E-state index contributed by atoms with van der Waals surface area (Å²) in [5, 5.41) is 7.12. The fraction of sp³-hybridized carbons (Fsp3) is 0.500. The van der Waals surface area contributed by atoms with Crippen LogP contribution in [-0.4, -0.2) is 102 Å². The van der Waals surface area contributed by atoms with Crippen LogP contribution in [0.1, 0.15) is 44.7 Å². The second-order valence-electron chi connectivity index (χ2n) is 12.6. The van der Waals surface area contributed by atoms with Crippen LogP contribution in [0.4, 0.5) is 34.5 Å². The second-order valence-corrected chi connectivity index (χ2v) is 13.9. The molecule has 0 unspecified atom stereocenters. The Morgan fingerprint density at radius 2 is 1.65 bits per heavy atom. The van der Waals surface area contributed by atoms with E-state index in [0.29, 0.717) is 12.0 Å². The molecule has 2 fully saturated rings. The van der Waals surface area contributed by atoms with Crippen molar-refractivity contribution in [2.45, 2.75) is 52.5 Å². The zero-order valence-electron chi connectivity index (χ0n) is 29.3. The molecule has 0 bridgehead atoms. The molecule has 256 valence electrons. The lowest BCUT2D eigenvalue weighted by atomic mass is 9.99. The van der Waals surface area contributed by atoms with Gasteiger partial charge in [0.15, 0.2) is 0 Å². The third-order valence-corrected chi connectivity index (χ3v) is 10.5. The summed E-state index contributed by atoms with van der Waals surface area (Å²) in [6.07, 6.45) is 9.47. The average molecular weight is 671 g/mol. The summed E-state index contributed by atoms with van der Waals surface area (Å²) in [5.74, 6) is 2.98. The predicted molar refractivity (Wildman–Crippen MR) is 201 cm³/mol. The fourth-order valence-corrected chi connectivity index (χ4v) is 7.60. The standard InChI is InChI=1S/C36H50N10OS/c1-7-25-22-30(32(47-6)23-31(25)46-16-12-27(13-17-46)45-20-18-43(4)19-21-45)41-36-39-24-26(8-2)35(42-36)40-29-11-10-28-33(38-15-14-37-28)34(29)44(5)48-9-3/h10-11,14-15,22-24,27H,7-9,12-13,16-21H2,1-6H3,(H2,39,40,41,42). The topological polar surface area (TPSA) is 97.8 Å². The van der Waals surface area contributed by atoms with Crippen LogP contribution in [0.15, 0.2) is 42.9 Å². The third kappa shape index (κ3) is 7.40. The van der Waals surface area contributed by atoms with Gasteiger partial charge in [-0.2, -0.15) is 4.98 Å². The maximum absolute atomic E-state index is 5.96. The van der Waals surface area contributed by atoms with E-state index in [1.807, 2.05) is 12.3 Å². The molecule has 2 saturated heterocycles. The molecule has 11 nitrogen and oxygen atoms in total. The number of rotatable bonds is 12. The van der Waals surface area contributed by atoms with Gasteiger partial charge in [0.05, 0.1) is 29.7 Å². The molecule has 0 radical (unpaired) electrons. The number of fused-ring (bicyclic) bond motifs is 1. The smallest absolute Gasteiger partial charge is 0.229 e. The van der Waals surface area contributed by atoms with Gasteiger partial charge in [-0.15, -0.1) is 0 Å². The summed E-state index contributed by atoms with van der Waals surface area (Å²) >= 11 is 1.72. The van der Waals surface area contributed by atoms with E-state index in [1.54, 1.807) is 31.5 Å². The minimum Gasteiger partial charge on any atom is -0.494 e. The number of nitrogens with zero attached hydrogens (tertiary/aromatic N) is 8. The van der Waals surface area contributed by atoms with Gasteiger partial charge in [0, 0.05) is 94.0 Å². The lowest BCUT2D eigenvalue weighted by Gasteiger charge is -2.43. The van der Waals surface area contributed by atoms with Crippen molar-refractivity contribution in [2.24, 2.45) is 0 Å². The van der Waals surface area contributed by atoms with Gasteiger partial charge in [0.1, 0.15) is 17.1 Å². The minimum absolute atomic E-state index is 0.509. The van der Waals surface area contributed by atoms with Gasteiger partial charge >= 0.3 is 0 Å². The Kier molecular flexibility index (Phi) is 11.0. The van der Waals surface area contributed by atoms with Crippen LogP contribution in [-0.2, 0) is 12.8 Å². The molecule has 6 rings (SSSR count). The van der Waals surface area contributed by atoms with Crippen LogP contribution in [0.25, 0.3) is 11.0 Å². The van der Waals surface area contributed by atoms with Gasteiger partial charge in [0.25, 0.3) is 0 Å². The highest BCUT2D eigenvalue weighted by atomic mass is 32.2. The van der Waals surface area contributed by atoms with Crippen molar-refractivity contribution in [3.8, 4) is 5.75 Å². The molecular formula is C36H50N10OS. The molecule has 2 aliphatic heterocycles. The number of piperazine rings is 1. The molecule has 48 heavy (non-hydrogen) atoms. The first kappa shape index (κ1) is 34.0. The van der Waals surface area contributed by atoms with E-state index in [1.165, 1.54) is 50.3 Å². The molecule has 4 aromatic rings. The zero-order chi connectivity index (χ0) is 33.6. The summed E-state index contributed by atoms with van der Waals surface area (Å²) in [7, 11) is 6.02. The van der Waals surface area contributed by atoms with E-state index in [2.05, 4.69) is 92.7 Å². The van der Waals surface area contributed by atoms with Crippen LogP contribution in [0.3, 0.4) is 0 Å². The number of methoxy groups -OCH3 is 1. The summed E-state index contributed by atoms with van der Waals surface area (Å²) in [4.78, 5) is 26.6. The van der Waals surface area contributed by atoms with Crippen LogP contribution in [0.5, 0.6) is 5.75 Å². The summed E-state index contributed by atoms with van der Waals surface area (Å²) in [5.41, 5.74) is 8.02. The maximum Gasteiger partial charge on any atom is 0.229 e. The van der Waals surface area contributed by atoms with Crippen LogP contribution < -0.4 is 24.6 Å². The number of anilines is 6. The van der Waals surface area contributed by atoms with Gasteiger partial charge in [0.2, 0.25) is 5.95 Å². The molecule has 2 aromatic heterocycles. The molecule has 2 N–H and O–H groups in total. The molecule has 0 spiro atoms. The van der Waals surface area contributed by atoms with Crippen molar-refractivity contribution in [3.63, 3.8) is 0 Å². The molecule has 4 heterocycles. The normalized spacial score (nSPS) is 16.3. The number of aromatic nitrogens is 4. The van der Waals surface area contributed by atoms with Gasteiger partial charge in [-0.25, -0.2) is 4.98 Å². The van der Waals surface area contributed by atoms with Crippen LogP contribution in [0, 0.1) is 0 Å². The second kappa shape index (κ2) is 15.6. The number of hydrogen-bond donors (Lipinski definition) is 2. The maximum atomic E-state index is 5.96. The summed E-state index contributed by atoms with van der Waals surface area (Å²) < 4.78 is 8.11. The SMILES string of the molecule is CCSN(C)c1c(Nc2nc(Nc3cc(CC)c(N4CCC(N5CCN(C)CC5)CC4)cc3OC)ncc2CC)ccc2nccnc12. The number of hydrogen-bond acceptors (Lipinski definition) is 12. The van der Waals surface area contributed by atoms with Crippen LogP contribution in [0.2, 0.25) is 0 Å². The molecule has 0 aliphatic carbocycles. The number of likely N-dealkylation sites (N-methyl/N-ethyl adjacent to an activating group) is 1. The molecular weight excluding hydrogens is 621 g/mol. The lowest BCUT2D eigenvalue weighted by Crippen LogP contribution is -2.52. The third-order valence-electron chi connectivity index (χ3n) is 9.64. The molecule has 2 aliphatic rings. The highest BCUT2D eigenvalue weighted by Crippen LogP contribution is 2.39. The van der Waals surface area contributed by atoms with E-state index in [-0.39, 0.29) is 0 Å². The monoisotopic (exact) mass is 670 g/mol. The van der Waals surface area contributed by atoms with E-state index in [4.69, 9.17) is 14.7 Å². The molecule has 0 amide bonds. The Hall–Kier alpha value is -3.87. The predicted octanol–water partition coefficient (Wildman–Crippen LogP) is 6.36. The molecule has 12 heteroatoms. The Balaban J connectivity index is 1.24. The van der Waals surface area contributed by atoms with Crippen molar-refractivity contribution >= 4 is 57.5 Å². The number of ether oxygens (including phenoxy) is 1. The molecule has 2 aromatic carbocycles. The Morgan fingerprint density at radius 1 is 0.896 bits per heavy atom. The number of benzene rings is 2. The van der Waals surface area contributed by atoms with Gasteiger partial charge in [-0.1, -0.05) is 32.7 Å². The fourth-order valence-electron chi connectivity index (χ4n) is 6.90. The molecule has 0 saturated carbocycles. The van der Waals surface area contributed by atoms with Gasteiger partial charge in [-0.3, -0.25) is 14.9 Å². The average Bonchev–Trinajstić information content (AvgIpc) is 3.12. The highest BCUT2D eigenvalue weighted by molar-refractivity contribution is 8.00. The van der Waals surface area contributed by atoms with Crippen molar-refractivity contribution in [1.29, 1.82) is 0 Å². The number of aryl methyl sites for hydroxylation is 2. The first-order valence-corrected chi connectivity index (χ1v) is 18.2. The summed E-state index contributed by atoms with van der Waals surface area (Å²) in [6.45, 7) is 13.3. The Bertz CT molecular complexity index is 1690. The minimum atomic E-state index is 0.509. The van der Waals surface area contributed by atoms with E-state index in [0.717, 1.165) is 76.9 Å². The first-order valence-electron chi connectivity index (χ1n) is 17.3. The Labute approximate surface area is 289 Å². The van der Waals surface area contributed by atoms with Gasteiger partial charge in [-0.05, 0) is 56.5 Å². The van der Waals surface area contributed by atoms with Crippen molar-refractivity contribution in [1.82, 2.24) is 29.7 Å². The van der Waals surface area contributed by atoms with Crippen molar-refractivity contribution in [2.75, 3.05) is 86.1 Å². The van der Waals surface area contributed by atoms with Crippen molar-refractivity contribution in [3.05, 3.63) is 54.0 Å². The molecule has 0 atom stereocenters. The Morgan fingerprint density at radius 3 is 2.35 bits per heavy atom. The largest absolute Gasteiger partial charge is 0.494 e. The quantitative estimate of drug-likeness (QED) is 0.164.